The third kappa shape index (κ3) is 5.87. The normalized spacial score (nSPS) is 14.0. The van der Waals surface area contributed by atoms with Crippen molar-refractivity contribution in [3.05, 3.63) is 35.9 Å². The predicted octanol–water partition coefficient (Wildman–Crippen LogP) is 3.41. The van der Waals surface area contributed by atoms with E-state index in [2.05, 4.69) is 10.6 Å². The fourth-order valence-corrected chi connectivity index (χ4v) is 2.23. The topological polar surface area (TPSA) is 58.2 Å². The van der Waals surface area contributed by atoms with Crippen LogP contribution in [0.25, 0.3) is 0 Å². The average Bonchev–Trinajstić information content (AvgIpc) is 2.54. The standard InChI is InChI=1S/C18H27ClN2O2/c1-5-9-15(21-17(23)18(3,4)12-19)16(22)20-13(2)14-10-7-6-8-11-14/h6-8,10-11,13,15H,5,9,12H2,1-4H3,(H,20,22)(H,21,23). The third-order valence-corrected chi connectivity index (χ3v) is 4.47. The average molecular weight is 339 g/mol. The Kier molecular flexibility index (Phi) is 7.56. The first-order valence-electron chi connectivity index (χ1n) is 8.04. The molecule has 1 rings (SSSR count). The Bertz CT molecular complexity index is 517. The summed E-state index contributed by atoms with van der Waals surface area (Å²) < 4.78 is 0. The highest BCUT2D eigenvalue weighted by Crippen LogP contribution is 2.18. The van der Waals surface area contributed by atoms with Gasteiger partial charge in [0.1, 0.15) is 6.04 Å². The van der Waals surface area contributed by atoms with Crippen LogP contribution in [0.1, 0.15) is 52.1 Å². The molecule has 0 fully saturated rings. The van der Waals surface area contributed by atoms with Gasteiger partial charge in [-0.05, 0) is 32.8 Å². The van der Waals surface area contributed by atoms with Crippen molar-refractivity contribution in [1.82, 2.24) is 10.6 Å². The molecule has 2 atom stereocenters. The van der Waals surface area contributed by atoms with E-state index in [0.29, 0.717) is 6.42 Å². The lowest BCUT2D eigenvalue weighted by molar-refractivity contribution is -0.133. The number of amides is 2. The van der Waals surface area contributed by atoms with Crippen LogP contribution in [0.3, 0.4) is 0 Å². The van der Waals surface area contributed by atoms with Gasteiger partial charge in [0.25, 0.3) is 0 Å². The van der Waals surface area contributed by atoms with Gasteiger partial charge in [0, 0.05) is 5.88 Å². The Morgan fingerprint density at radius 1 is 1.17 bits per heavy atom. The van der Waals surface area contributed by atoms with Gasteiger partial charge in [-0.1, -0.05) is 43.7 Å². The van der Waals surface area contributed by atoms with Crippen LogP contribution < -0.4 is 10.6 Å². The number of carbonyl (C=O) groups excluding carboxylic acids is 2. The second-order valence-electron chi connectivity index (χ2n) is 6.47. The molecule has 0 saturated carbocycles. The van der Waals surface area contributed by atoms with Crippen LogP contribution in [0, 0.1) is 5.41 Å². The van der Waals surface area contributed by atoms with Crippen LogP contribution in [-0.2, 0) is 9.59 Å². The highest BCUT2D eigenvalue weighted by molar-refractivity contribution is 6.19. The molecule has 2 N–H and O–H groups in total. The molecular formula is C18H27ClN2O2. The van der Waals surface area contributed by atoms with Crippen molar-refractivity contribution in [2.24, 2.45) is 5.41 Å². The van der Waals surface area contributed by atoms with Crippen LogP contribution in [0.2, 0.25) is 0 Å². The van der Waals surface area contributed by atoms with E-state index in [1.165, 1.54) is 0 Å². The van der Waals surface area contributed by atoms with Crippen LogP contribution >= 0.6 is 11.6 Å². The number of hydrogen-bond donors (Lipinski definition) is 2. The fraction of sp³-hybridized carbons (Fsp3) is 0.556. The van der Waals surface area contributed by atoms with Crippen molar-refractivity contribution in [1.29, 1.82) is 0 Å². The molecule has 0 aliphatic carbocycles. The summed E-state index contributed by atoms with van der Waals surface area (Å²) >= 11 is 5.83. The maximum atomic E-state index is 12.5. The van der Waals surface area contributed by atoms with Crippen LogP contribution in [0.15, 0.2) is 30.3 Å². The largest absolute Gasteiger partial charge is 0.348 e. The number of hydrogen-bond acceptors (Lipinski definition) is 2. The summed E-state index contributed by atoms with van der Waals surface area (Å²) in [5.74, 6) is -0.157. The number of benzene rings is 1. The minimum Gasteiger partial charge on any atom is -0.348 e. The number of nitrogens with one attached hydrogen (secondary N) is 2. The minimum atomic E-state index is -0.696. The molecule has 128 valence electrons. The molecule has 5 heteroatoms. The van der Waals surface area contributed by atoms with Gasteiger partial charge in [-0.25, -0.2) is 0 Å². The van der Waals surface area contributed by atoms with E-state index in [1.807, 2.05) is 44.2 Å². The van der Waals surface area contributed by atoms with E-state index < -0.39 is 11.5 Å². The number of rotatable bonds is 8. The quantitative estimate of drug-likeness (QED) is 0.713. The van der Waals surface area contributed by atoms with Crippen molar-refractivity contribution >= 4 is 23.4 Å². The maximum absolute atomic E-state index is 12.5. The van der Waals surface area contributed by atoms with E-state index in [1.54, 1.807) is 13.8 Å². The number of halogens is 1. The van der Waals surface area contributed by atoms with Crippen LogP contribution in [0.5, 0.6) is 0 Å². The molecular weight excluding hydrogens is 312 g/mol. The first-order chi connectivity index (χ1) is 10.8. The molecule has 0 spiro atoms. The summed E-state index contributed by atoms with van der Waals surface area (Å²) in [6.45, 7) is 7.45. The predicted molar refractivity (Wildman–Crippen MR) is 94.3 cm³/mol. The van der Waals surface area contributed by atoms with Crippen LogP contribution in [0.4, 0.5) is 0 Å². The first-order valence-corrected chi connectivity index (χ1v) is 8.57. The lowest BCUT2D eigenvalue weighted by Gasteiger charge is -2.26. The zero-order valence-electron chi connectivity index (χ0n) is 14.4. The Balaban J connectivity index is 2.73. The molecule has 1 aromatic carbocycles. The molecule has 4 nitrogen and oxygen atoms in total. The van der Waals surface area contributed by atoms with E-state index in [-0.39, 0.29) is 23.7 Å². The minimum absolute atomic E-state index is 0.110. The summed E-state index contributed by atoms with van der Waals surface area (Å²) in [7, 11) is 0. The molecule has 0 saturated heterocycles. The van der Waals surface area contributed by atoms with Gasteiger partial charge >= 0.3 is 0 Å². The number of carbonyl (C=O) groups is 2. The summed E-state index contributed by atoms with van der Waals surface area (Å²) in [5.41, 5.74) is 0.335. The highest BCUT2D eigenvalue weighted by atomic mass is 35.5. The molecule has 0 aliphatic rings. The molecule has 23 heavy (non-hydrogen) atoms. The second kappa shape index (κ2) is 8.92. The lowest BCUT2D eigenvalue weighted by Crippen LogP contribution is -2.51. The van der Waals surface area contributed by atoms with E-state index in [9.17, 15) is 9.59 Å². The molecule has 0 aliphatic heterocycles. The van der Waals surface area contributed by atoms with Crippen molar-refractivity contribution < 1.29 is 9.59 Å². The summed E-state index contributed by atoms with van der Waals surface area (Å²) in [6, 6.07) is 9.09. The Morgan fingerprint density at radius 3 is 2.30 bits per heavy atom. The van der Waals surface area contributed by atoms with Gasteiger partial charge in [0.05, 0.1) is 11.5 Å². The summed E-state index contributed by atoms with van der Waals surface area (Å²) in [6.07, 6.45) is 1.40. The Hall–Kier alpha value is -1.55. The summed E-state index contributed by atoms with van der Waals surface area (Å²) in [4.78, 5) is 24.8. The maximum Gasteiger partial charge on any atom is 0.243 e. The lowest BCUT2D eigenvalue weighted by atomic mass is 9.94. The van der Waals surface area contributed by atoms with Crippen molar-refractivity contribution in [3.8, 4) is 0 Å². The molecule has 0 bridgehead atoms. The number of alkyl halides is 1. The van der Waals surface area contributed by atoms with Gasteiger partial charge in [-0.3, -0.25) is 9.59 Å². The third-order valence-electron chi connectivity index (χ3n) is 3.81. The monoisotopic (exact) mass is 338 g/mol. The first kappa shape index (κ1) is 19.5. The Labute approximate surface area is 144 Å². The molecule has 2 amide bonds. The Morgan fingerprint density at radius 2 is 1.78 bits per heavy atom. The van der Waals surface area contributed by atoms with Gasteiger partial charge in [0.2, 0.25) is 11.8 Å². The van der Waals surface area contributed by atoms with Crippen molar-refractivity contribution in [3.63, 3.8) is 0 Å². The van der Waals surface area contributed by atoms with Crippen molar-refractivity contribution in [2.45, 2.75) is 52.6 Å². The van der Waals surface area contributed by atoms with Gasteiger partial charge in [-0.15, -0.1) is 11.6 Å². The second-order valence-corrected chi connectivity index (χ2v) is 6.74. The van der Waals surface area contributed by atoms with Crippen LogP contribution in [-0.4, -0.2) is 23.7 Å². The highest BCUT2D eigenvalue weighted by Gasteiger charge is 2.30. The van der Waals surface area contributed by atoms with Gasteiger partial charge < -0.3 is 10.6 Å². The zero-order valence-corrected chi connectivity index (χ0v) is 15.1. The van der Waals surface area contributed by atoms with Gasteiger partial charge in [-0.2, -0.15) is 0 Å². The molecule has 1 aromatic rings. The smallest absolute Gasteiger partial charge is 0.243 e. The molecule has 0 radical (unpaired) electrons. The van der Waals surface area contributed by atoms with E-state index >= 15 is 0 Å². The van der Waals surface area contributed by atoms with Gasteiger partial charge in [0.15, 0.2) is 0 Å². The van der Waals surface area contributed by atoms with E-state index in [4.69, 9.17) is 11.6 Å². The summed E-state index contributed by atoms with van der Waals surface area (Å²) in [5, 5.41) is 5.80. The molecule has 0 aromatic heterocycles. The van der Waals surface area contributed by atoms with E-state index in [0.717, 1.165) is 12.0 Å². The molecule has 0 heterocycles. The fourth-order valence-electron chi connectivity index (χ4n) is 2.11. The zero-order chi connectivity index (χ0) is 17.5. The SMILES string of the molecule is CCCC(NC(=O)C(C)(C)CCl)C(=O)NC(C)c1ccccc1. The molecule has 2 unspecified atom stereocenters. The van der Waals surface area contributed by atoms with Crippen molar-refractivity contribution in [2.75, 3.05) is 5.88 Å².